The lowest BCUT2D eigenvalue weighted by atomic mass is 10.2. The second-order valence-electron chi connectivity index (χ2n) is 6.60. The van der Waals surface area contributed by atoms with Crippen molar-refractivity contribution in [2.75, 3.05) is 39.5 Å². The highest BCUT2D eigenvalue weighted by molar-refractivity contribution is 7.89. The second-order valence-corrected chi connectivity index (χ2v) is 8.54. The molecule has 0 aromatic heterocycles. The van der Waals surface area contributed by atoms with Crippen LogP contribution in [0.15, 0.2) is 47.4 Å². The summed E-state index contributed by atoms with van der Waals surface area (Å²) in [6.07, 6.45) is 0. The average Bonchev–Trinajstić information content (AvgIpc) is 2.78. The largest absolute Gasteiger partial charge is 0.486 e. The Balaban J connectivity index is 1.44. The van der Waals surface area contributed by atoms with Gasteiger partial charge >= 0.3 is 5.97 Å². The van der Waals surface area contributed by atoms with Crippen LogP contribution >= 0.6 is 0 Å². The Bertz CT molecular complexity index is 1000. The third kappa shape index (κ3) is 4.36. The first-order valence-electron chi connectivity index (χ1n) is 9.28. The summed E-state index contributed by atoms with van der Waals surface area (Å²) >= 11 is 0. The number of benzene rings is 2. The van der Waals surface area contributed by atoms with Gasteiger partial charge in [0.2, 0.25) is 10.0 Å². The number of hydrogen-bond donors (Lipinski definition) is 0. The first-order chi connectivity index (χ1) is 14.0. The second kappa shape index (κ2) is 8.40. The van der Waals surface area contributed by atoms with E-state index in [2.05, 4.69) is 0 Å². The summed E-state index contributed by atoms with van der Waals surface area (Å²) in [7, 11) is -3.60. The number of rotatable bonds is 5. The smallest absolute Gasteiger partial charge is 0.338 e. The van der Waals surface area contributed by atoms with Crippen LogP contribution in [-0.4, -0.2) is 58.2 Å². The molecule has 2 aromatic carbocycles. The number of carbonyl (C=O) groups is 1. The van der Waals surface area contributed by atoms with Crippen LogP contribution in [0.25, 0.3) is 0 Å². The monoisotopic (exact) mass is 419 g/mol. The topological polar surface area (TPSA) is 91.4 Å². The molecule has 9 heteroatoms. The van der Waals surface area contributed by atoms with E-state index in [1.165, 1.54) is 16.4 Å². The van der Waals surface area contributed by atoms with Gasteiger partial charge in [-0.25, -0.2) is 13.2 Å². The van der Waals surface area contributed by atoms with E-state index in [-0.39, 0.29) is 11.5 Å². The molecule has 0 aliphatic carbocycles. The van der Waals surface area contributed by atoms with Crippen molar-refractivity contribution in [3.8, 4) is 11.5 Å². The molecule has 1 saturated heterocycles. The highest BCUT2D eigenvalue weighted by atomic mass is 32.2. The molecule has 0 unspecified atom stereocenters. The van der Waals surface area contributed by atoms with Gasteiger partial charge in [-0.3, -0.25) is 0 Å². The quantitative estimate of drug-likeness (QED) is 0.683. The number of sulfonamides is 1. The van der Waals surface area contributed by atoms with Crippen molar-refractivity contribution in [3.05, 3.63) is 53.6 Å². The van der Waals surface area contributed by atoms with Crippen molar-refractivity contribution < 1.29 is 32.2 Å². The fourth-order valence-corrected chi connectivity index (χ4v) is 4.61. The molecular formula is C20H21NO7S. The molecule has 154 valence electrons. The third-order valence-electron chi connectivity index (χ3n) is 4.65. The van der Waals surface area contributed by atoms with Gasteiger partial charge in [-0.2, -0.15) is 4.31 Å². The number of esters is 1. The van der Waals surface area contributed by atoms with E-state index >= 15 is 0 Å². The maximum absolute atomic E-state index is 12.8. The van der Waals surface area contributed by atoms with Crippen molar-refractivity contribution in [1.82, 2.24) is 4.31 Å². The molecule has 0 amide bonds. The summed E-state index contributed by atoms with van der Waals surface area (Å²) in [4.78, 5) is 12.5. The van der Waals surface area contributed by atoms with Crippen LogP contribution in [0, 0.1) is 0 Å². The molecule has 4 rings (SSSR count). The first kappa shape index (κ1) is 19.7. The molecule has 2 aliphatic rings. The van der Waals surface area contributed by atoms with Gasteiger partial charge in [0.05, 0.1) is 23.7 Å². The van der Waals surface area contributed by atoms with Gasteiger partial charge in [0, 0.05) is 13.1 Å². The van der Waals surface area contributed by atoms with Gasteiger partial charge in [0.25, 0.3) is 0 Å². The Morgan fingerprint density at radius 3 is 2.52 bits per heavy atom. The summed E-state index contributed by atoms with van der Waals surface area (Å²) in [6, 6.07) is 11.3. The summed E-state index contributed by atoms with van der Waals surface area (Å²) in [6.45, 7) is 2.27. The molecule has 2 aliphatic heterocycles. The van der Waals surface area contributed by atoms with E-state index in [0.29, 0.717) is 62.1 Å². The number of fused-ring (bicyclic) bond motifs is 1. The van der Waals surface area contributed by atoms with E-state index in [1.807, 2.05) is 0 Å². The Kier molecular flexibility index (Phi) is 5.70. The minimum atomic E-state index is -3.60. The highest BCUT2D eigenvalue weighted by Crippen LogP contribution is 2.31. The van der Waals surface area contributed by atoms with Gasteiger partial charge in [-0.15, -0.1) is 0 Å². The number of morpholine rings is 1. The molecule has 2 aromatic rings. The van der Waals surface area contributed by atoms with Crippen molar-refractivity contribution in [2.45, 2.75) is 11.5 Å². The fourth-order valence-electron chi connectivity index (χ4n) is 3.13. The van der Waals surface area contributed by atoms with Gasteiger partial charge in [0.15, 0.2) is 11.5 Å². The van der Waals surface area contributed by atoms with Crippen LogP contribution in [0.4, 0.5) is 0 Å². The SMILES string of the molecule is O=C(OCc1cccc(S(=O)(=O)N2CCOCC2)c1)c1ccc2c(c1)OCCO2. The highest BCUT2D eigenvalue weighted by Gasteiger charge is 2.26. The van der Waals surface area contributed by atoms with E-state index in [1.54, 1.807) is 30.3 Å². The molecular weight excluding hydrogens is 398 g/mol. The first-order valence-corrected chi connectivity index (χ1v) is 10.7. The van der Waals surface area contributed by atoms with Gasteiger partial charge in [-0.1, -0.05) is 12.1 Å². The molecule has 29 heavy (non-hydrogen) atoms. The molecule has 0 N–H and O–H groups in total. The fraction of sp³-hybridized carbons (Fsp3) is 0.350. The Hall–Kier alpha value is -2.62. The van der Waals surface area contributed by atoms with E-state index in [9.17, 15) is 13.2 Å². The average molecular weight is 419 g/mol. The number of hydrogen-bond acceptors (Lipinski definition) is 7. The maximum atomic E-state index is 12.8. The van der Waals surface area contributed by atoms with Crippen molar-refractivity contribution >= 4 is 16.0 Å². The molecule has 1 fully saturated rings. The van der Waals surface area contributed by atoms with Crippen LogP contribution in [-0.2, 0) is 26.1 Å². The summed E-state index contributed by atoms with van der Waals surface area (Å²) < 4.78 is 48.4. The molecule has 2 heterocycles. The van der Waals surface area contributed by atoms with Gasteiger partial charge in [0.1, 0.15) is 19.8 Å². The molecule has 0 saturated carbocycles. The third-order valence-corrected chi connectivity index (χ3v) is 6.55. The summed E-state index contributed by atoms with van der Waals surface area (Å²) in [5.41, 5.74) is 0.927. The summed E-state index contributed by atoms with van der Waals surface area (Å²) in [5.74, 6) is 0.571. The lowest BCUT2D eigenvalue weighted by Gasteiger charge is -2.26. The maximum Gasteiger partial charge on any atom is 0.338 e. The standard InChI is InChI=1S/C20H21NO7S/c22-20(16-4-5-18-19(13-16)27-11-10-26-18)28-14-15-2-1-3-17(12-15)29(23,24)21-6-8-25-9-7-21/h1-5,12-13H,6-11,14H2. The summed E-state index contributed by atoms with van der Waals surface area (Å²) in [5, 5.41) is 0. The van der Waals surface area contributed by atoms with E-state index in [0.717, 1.165) is 0 Å². The Morgan fingerprint density at radius 1 is 0.966 bits per heavy atom. The zero-order chi connectivity index (χ0) is 20.3. The zero-order valence-electron chi connectivity index (χ0n) is 15.7. The van der Waals surface area contributed by atoms with Crippen LogP contribution < -0.4 is 9.47 Å². The van der Waals surface area contributed by atoms with Gasteiger partial charge < -0.3 is 18.9 Å². The number of carbonyl (C=O) groups excluding carboxylic acids is 1. The Morgan fingerprint density at radius 2 is 1.72 bits per heavy atom. The molecule has 0 radical (unpaired) electrons. The zero-order valence-corrected chi connectivity index (χ0v) is 16.5. The molecule has 8 nitrogen and oxygen atoms in total. The molecule has 0 atom stereocenters. The minimum Gasteiger partial charge on any atom is -0.486 e. The molecule has 0 bridgehead atoms. The van der Waals surface area contributed by atoms with Crippen LogP contribution in [0.1, 0.15) is 15.9 Å². The number of ether oxygens (including phenoxy) is 4. The normalized spacial score (nSPS) is 17.0. The Labute approximate surface area is 169 Å². The van der Waals surface area contributed by atoms with Crippen LogP contribution in [0.5, 0.6) is 11.5 Å². The lowest BCUT2D eigenvalue weighted by Crippen LogP contribution is -2.40. The van der Waals surface area contributed by atoms with E-state index < -0.39 is 16.0 Å². The van der Waals surface area contributed by atoms with Crippen molar-refractivity contribution in [1.29, 1.82) is 0 Å². The van der Waals surface area contributed by atoms with Crippen LogP contribution in [0.3, 0.4) is 0 Å². The van der Waals surface area contributed by atoms with Crippen molar-refractivity contribution in [3.63, 3.8) is 0 Å². The number of nitrogens with zero attached hydrogens (tertiary/aromatic N) is 1. The van der Waals surface area contributed by atoms with Crippen LogP contribution in [0.2, 0.25) is 0 Å². The molecule has 0 spiro atoms. The lowest BCUT2D eigenvalue weighted by molar-refractivity contribution is 0.0471. The van der Waals surface area contributed by atoms with Crippen molar-refractivity contribution in [2.24, 2.45) is 0 Å². The van der Waals surface area contributed by atoms with Gasteiger partial charge in [-0.05, 0) is 35.9 Å². The predicted octanol–water partition coefficient (Wildman–Crippen LogP) is 1.84. The van der Waals surface area contributed by atoms with E-state index in [4.69, 9.17) is 18.9 Å². The predicted molar refractivity (Wildman–Crippen MR) is 103 cm³/mol. The minimum absolute atomic E-state index is 0.0419.